The van der Waals surface area contributed by atoms with Crippen LogP contribution in [0.2, 0.25) is 0 Å². The number of aromatic nitrogens is 5. The molecule has 0 amide bonds. The van der Waals surface area contributed by atoms with Crippen molar-refractivity contribution >= 4 is 22.8 Å². The molecule has 156 valence electrons. The van der Waals surface area contributed by atoms with E-state index in [1.165, 1.54) is 0 Å². The molecule has 0 fully saturated rings. The number of benzene rings is 2. The van der Waals surface area contributed by atoms with Crippen molar-refractivity contribution in [2.45, 2.75) is 30.5 Å². The molecular formula is C23H21N5O2S. The molecule has 0 saturated carbocycles. The molecule has 2 aromatic carbocycles. The Morgan fingerprint density at radius 3 is 2.61 bits per heavy atom. The Morgan fingerprint density at radius 1 is 1.06 bits per heavy atom. The van der Waals surface area contributed by atoms with Gasteiger partial charge in [-0.25, -0.2) is 9.97 Å². The minimum absolute atomic E-state index is 0.334. The minimum Gasteiger partial charge on any atom is -0.485 e. The molecule has 0 saturated heterocycles. The summed E-state index contributed by atoms with van der Waals surface area (Å²) in [5.41, 5.74) is 3.65. The first-order valence-corrected chi connectivity index (χ1v) is 11.0. The molecule has 7 nitrogen and oxygen atoms in total. The third-order valence-corrected chi connectivity index (χ3v) is 6.01. The Balaban J connectivity index is 1.39. The summed E-state index contributed by atoms with van der Waals surface area (Å²) in [7, 11) is 0. The number of ether oxygens (including phenoxy) is 2. The smallest absolute Gasteiger partial charge is 0.192 e. The predicted molar refractivity (Wildman–Crippen MR) is 119 cm³/mol. The van der Waals surface area contributed by atoms with E-state index in [0.29, 0.717) is 24.7 Å². The van der Waals surface area contributed by atoms with Crippen LogP contribution in [0, 0.1) is 6.92 Å². The summed E-state index contributed by atoms with van der Waals surface area (Å²) >= 11 is 1.58. The number of rotatable bonds is 6. The van der Waals surface area contributed by atoms with Crippen LogP contribution in [-0.4, -0.2) is 31.3 Å². The van der Waals surface area contributed by atoms with Crippen LogP contribution in [0.3, 0.4) is 0 Å². The number of allylic oxidation sites excluding steroid dienone is 1. The molecule has 0 N–H and O–H groups in total. The van der Waals surface area contributed by atoms with Crippen molar-refractivity contribution in [3.05, 3.63) is 78.4 Å². The molecule has 4 aromatic rings. The lowest BCUT2D eigenvalue weighted by Crippen LogP contribution is -2.25. The van der Waals surface area contributed by atoms with Crippen LogP contribution < -0.4 is 9.47 Å². The molecule has 1 aliphatic rings. The predicted octanol–water partition coefficient (Wildman–Crippen LogP) is 4.52. The van der Waals surface area contributed by atoms with Gasteiger partial charge in [-0.1, -0.05) is 42.1 Å². The average molecular weight is 432 g/mol. The van der Waals surface area contributed by atoms with Gasteiger partial charge in [0, 0.05) is 12.3 Å². The van der Waals surface area contributed by atoms with Crippen LogP contribution in [0.5, 0.6) is 11.5 Å². The van der Waals surface area contributed by atoms with Gasteiger partial charge in [-0.2, -0.15) is 0 Å². The van der Waals surface area contributed by atoms with Crippen LogP contribution in [0.4, 0.5) is 0 Å². The van der Waals surface area contributed by atoms with Crippen molar-refractivity contribution in [1.82, 2.24) is 24.7 Å². The summed E-state index contributed by atoms with van der Waals surface area (Å²) in [5, 5.41) is 9.62. The molecule has 5 rings (SSSR count). The molecule has 8 heteroatoms. The molecule has 1 aliphatic heterocycles. The van der Waals surface area contributed by atoms with Gasteiger partial charge in [-0.15, -0.1) is 16.8 Å². The second-order valence-corrected chi connectivity index (χ2v) is 8.08. The Hall–Kier alpha value is -3.39. The third kappa shape index (κ3) is 3.86. The van der Waals surface area contributed by atoms with Gasteiger partial charge in [-0.05, 0) is 31.2 Å². The maximum Gasteiger partial charge on any atom is 0.192 e. The first kappa shape index (κ1) is 19.6. The van der Waals surface area contributed by atoms with E-state index in [4.69, 9.17) is 14.5 Å². The fourth-order valence-electron chi connectivity index (χ4n) is 3.49. The van der Waals surface area contributed by atoms with Gasteiger partial charge in [0.1, 0.15) is 6.61 Å². The van der Waals surface area contributed by atoms with Gasteiger partial charge in [0.05, 0.1) is 22.4 Å². The molecule has 1 unspecified atom stereocenters. The zero-order chi connectivity index (χ0) is 21.2. The topological polar surface area (TPSA) is 75.0 Å². The highest BCUT2D eigenvalue weighted by Crippen LogP contribution is 2.36. The molecule has 0 aliphatic carbocycles. The van der Waals surface area contributed by atoms with E-state index in [1.807, 2.05) is 66.1 Å². The fourth-order valence-corrected chi connectivity index (χ4v) is 4.45. The number of fused-ring (bicyclic) bond motifs is 2. The number of nitrogens with zero attached hydrogens (tertiary/aromatic N) is 5. The lowest BCUT2D eigenvalue weighted by atomic mass is 10.2. The monoisotopic (exact) mass is 431 g/mol. The Morgan fingerprint density at radius 2 is 1.81 bits per heavy atom. The van der Waals surface area contributed by atoms with Gasteiger partial charge in [0.15, 0.2) is 28.6 Å². The molecule has 0 radical (unpaired) electrons. The molecule has 0 spiro atoms. The van der Waals surface area contributed by atoms with Crippen molar-refractivity contribution in [2.24, 2.45) is 0 Å². The van der Waals surface area contributed by atoms with Gasteiger partial charge < -0.3 is 9.47 Å². The van der Waals surface area contributed by atoms with Crippen molar-refractivity contribution in [2.75, 3.05) is 6.61 Å². The molecular weight excluding hydrogens is 410 g/mol. The standard InChI is InChI=1S/C23H21N5O2S/c1-3-12-28-22(21-13-29-19-10-6-7-11-20(19)30-21)26-27-23(28)31-14-18-15(2)24-16-8-4-5-9-17(16)25-18/h3-11,21H,1,12-14H2,2H3. The van der Waals surface area contributed by atoms with Gasteiger partial charge in [0.25, 0.3) is 0 Å². The van der Waals surface area contributed by atoms with E-state index in [0.717, 1.165) is 39.2 Å². The lowest BCUT2D eigenvalue weighted by molar-refractivity contribution is 0.0821. The SMILES string of the molecule is C=CCn1c(SCc2nc3ccccc3nc2C)nnc1C1COc2ccccc2O1. The van der Waals surface area contributed by atoms with Crippen LogP contribution >= 0.6 is 11.8 Å². The summed E-state index contributed by atoms with van der Waals surface area (Å²) in [6, 6.07) is 15.5. The highest BCUT2D eigenvalue weighted by Gasteiger charge is 2.28. The largest absolute Gasteiger partial charge is 0.485 e. The molecule has 2 aromatic heterocycles. The molecule has 0 bridgehead atoms. The highest BCUT2D eigenvalue weighted by molar-refractivity contribution is 7.98. The zero-order valence-electron chi connectivity index (χ0n) is 17.1. The lowest BCUT2D eigenvalue weighted by Gasteiger charge is -2.26. The van der Waals surface area contributed by atoms with Gasteiger partial charge >= 0.3 is 0 Å². The van der Waals surface area contributed by atoms with Gasteiger partial charge in [-0.3, -0.25) is 4.57 Å². The summed E-state index contributed by atoms with van der Waals surface area (Å²) in [6.45, 7) is 6.83. The second kappa shape index (κ2) is 8.39. The number of hydrogen-bond donors (Lipinski definition) is 0. The first-order valence-electron chi connectivity index (χ1n) is 10.0. The normalized spacial score (nSPS) is 15.2. The summed E-state index contributed by atoms with van der Waals surface area (Å²) in [5.74, 6) is 2.82. The number of hydrogen-bond acceptors (Lipinski definition) is 7. The van der Waals surface area contributed by atoms with Crippen molar-refractivity contribution in [3.8, 4) is 11.5 Å². The minimum atomic E-state index is -0.334. The average Bonchev–Trinajstić information content (AvgIpc) is 3.20. The summed E-state index contributed by atoms with van der Waals surface area (Å²) in [6.07, 6.45) is 1.49. The van der Waals surface area contributed by atoms with Crippen LogP contribution in [0.15, 0.2) is 66.3 Å². The van der Waals surface area contributed by atoms with Crippen molar-refractivity contribution in [1.29, 1.82) is 0 Å². The maximum atomic E-state index is 6.13. The van der Waals surface area contributed by atoms with Crippen molar-refractivity contribution in [3.63, 3.8) is 0 Å². The van der Waals surface area contributed by atoms with Crippen LogP contribution in [0.1, 0.15) is 23.3 Å². The van der Waals surface area contributed by atoms with Crippen LogP contribution in [-0.2, 0) is 12.3 Å². The van der Waals surface area contributed by atoms with E-state index in [-0.39, 0.29) is 6.10 Å². The summed E-state index contributed by atoms with van der Waals surface area (Å²) < 4.78 is 14.0. The van der Waals surface area contributed by atoms with E-state index in [1.54, 1.807) is 11.8 Å². The number of thioether (sulfide) groups is 1. The van der Waals surface area contributed by atoms with E-state index in [2.05, 4.69) is 21.8 Å². The summed E-state index contributed by atoms with van der Waals surface area (Å²) in [4.78, 5) is 9.46. The molecule has 31 heavy (non-hydrogen) atoms. The third-order valence-electron chi connectivity index (χ3n) is 5.03. The molecule has 1 atom stereocenters. The van der Waals surface area contributed by atoms with E-state index in [9.17, 15) is 0 Å². The molecule has 3 heterocycles. The van der Waals surface area contributed by atoms with Crippen LogP contribution in [0.25, 0.3) is 11.0 Å². The Kier molecular flexibility index (Phi) is 5.30. The van der Waals surface area contributed by atoms with Gasteiger partial charge in [0.2, 0.25) is 0 Å². The Bertz CT molecular complexity index is 1260. The first-order chi connectivity index (χ1) is 15.2. The van der Waals surface area contributed by atoms with E-state index >= 15 is 0 Å². The Labute approximate surface area is 184 Å². The quantitative estimate of drug-likeness (QED) is 0.328. The highest BCUT2D eigenvalue weighted by atomic mass is 32.2. The fraction of sp³-hybridized carbons (Fsp3) is 0.217. The maximum absolute atomic E-state index is 6.13. The van der Waals surface area contributed by atoms with Crippen molar-refractivity contribution < 1.29 is 9.47 Å². The number of aryl methyl sites for hydroxylation is 1. The van der Waals surface area contributed by atoms with E-state index < -0.39 is 0 Å². The number of para-hydroxylation sites is 4. The zero-order valence-corrected chi connectivity index (χ0v) is 17.9. The second-order valence-electron chi connectivity index (χ2n) is 7.14.